The summed E-state index contributed by atoms with van der Waals surface area (Å²) in [4.78, 5) is 11.1. The summed E-state index contributed by atoms with van der Waals surface area (Å²) in [6, 6.07) is 22.6. The van der Waals surface area contributed by atoms with Gasteiger partial charge in [0.25, 0.3) is 0 Å². The lowest BCUT2D eigenvalue weighted by molar-refractivity contribution is 0.0697. The van der Waals surface area contributed by atoms with Crippen molar-refractivity contribution in [3.8, 4) is 22.6 Å². The van der Waals surface area contributed by atoms with Crippen LogP contribution in [0.3, 0.4) is 0 Å². The average Bonchev–Trinajstić information content (AvgIpc) is 3.11. The maximum absolute atomic E-state index is 11.1. The van der Waals surface area contributed by atoms with Gasteiger partial charge in [0, 0.05) is 17.2 Å². The number of aromatic carboxylic acids is 1. The largest absolute Gasteiger partial charge is 0.478 e. The van der Waals surface area contributed by atoms with Crippen LogP contribution in [-0.4, -0.2) is 16.2 Å². The summed E-state index contributed by atoms with van der Waals surface area (Å²) in [6.07, 6.45) is 0. The van der Waals surface area contributed by atoms with E-state index in [0.29, 0.717) is 17.0 Å². The fourth-order valence-electron chi connectivity index (χ4n) is 2.79. The molecule has 0 saturated heterocycles. The van der Waals surface area contributed by atoms with Gasteiger partial charge in [-0.2, -0.15) is 0 Å². The van der Waals surface area contributed by atoms with Crippen molar-refractivity contribution in [1.82, 2.24) is 5.16 Å². The first-order valence-corrected chi connectivity index (χ1v) is 7.51. The van der Waals surface area contributed by atoms with Crippen LogP contribution in [0.5, 0.6) is 0 Å². The van der Waals surface area contributed by atoms with E-state index < -0.39 is 5.97 Å². The summed E-state index contributed by atoms with van der Waals surface area (Å²) in [5.41, 5.74) is 2.51. The van der Waals surface area contributed by atoms with E-state index in [-0.39, 0.29) is 5.56 Å². The van der Waals surface area contributed by atoms with Crippen LogP contribution in [-0.2, 0) is 0 Å². The first-order chi connectivity index (χ1) is 11.7. The first-order valence-electron chi connectivity index (χ1n) is 7.51. The predicted molar refractivity (Wildman–Crippen MR) is 91.8 cm³/mol. The van der Waals surface area contributed by atoms with E-state index in [1.54, 1.807) is 18.2 Å². The van der Waals surface area contributed by atoms with Crippen molar-refractivity contribution in [3.63, 3.8) is 0 Å². The molecule has 0 atom stereocenters. The highest BCUT2D eigenvalue weighted by atomic mass is 16.5. The van der Waals surface area contributed by atoms with E-state index in [4.69, 9.17) is 9.63 Å². The van der Waals surface area contributed by atoms with Crippen molar-refractivity contribution >= 4 is 16.7 Å². The average molecular weight is 315 g/mol. The highest BCUT2D eigenvalue weighted by Gasteiger charge is 2.12. The van der Waals surface area contributed by atoms with Crippen LogP contribution in [0.2, 0.25) is 0 Å². The van der Waals surface area contributed by atoms with E-state index >= 15 is 0 Å². The molecule has 0 amide bonds. The molecule has 0 saturated carbocycles. The molecule has 4 nitrogen and oxygen atoms in total. The molecule has 0 aliphatic carbocycles. The van der Waals surface area contributed by atoms with Crippen molar-refractivity contribution in [3.05, 3.63) is 78.4 Å². The summed E-state index contributed by atoms with van der Waals surface area (Å²) >= 11 is 0. The maximum atomic E-state index is 11.1. The van der Waals surface area contributed by atoms with Crippen LogP contribution in [0.1, 0.15) is 10.4 Å². The molecule has 0 aliphatic rings. The minimum absolute atomic E-state index is 0.224. The van der Waals surface area contributed by atoms with Crippen LogP contribution in [0.25, 0.3) is 33.4 Å². The van der Waals surface area contributed by atoms with Crippen molar-refractivity contribution < 1.29 is 14.4 Å². The van der Waals surface area contributed by atoms with Crippen LogP contribution in [0.15, 0.2) is 77.3 Å². The highest BCUT2D eigenvalue weighted by Crippen LogP contribution is 2.31. The summed E-state index contributed by atoms with van der Waals surface area (Å²) in [6.45, 7) is 0. The Morgan fingerprint density at radius 1 is 0.917 bits per heavy atom. The van der Waals surface area contributed by atoms with Gasteiger partial charge in [0.15, 0.2) is 5.76 Å². The number of hydrogen-bond acceptors (Lipinski definition) is 3. The molecule has 1 heterocycles. The van der Waals surface area contributed by atoms with Crippen LogP contribution in [0.4, 0.5) is 0 Å². The van der Waals surface area contributed by atoms with Crippen molar-refractivity contribution in [1.29, 1.82) is 0 Å². The number of aromatic nitrogens is 1. The molecule has 4 aromatic rings. The quantitative estimate of drug-likeness (QED) is 0.586. The van der Waals surface area contributed by atoms with Crippen molar-refractivity contribution in [2.45, 2.75) is 0 Å². The fraction of sp³-hybridized carbons (Fsp3) is 0. The second-order valence-electron chi connectivity index (χ2n) is 5.49. The van der Waals surface area contributed by atoms with Gasteiger partial charge in [0.2, 0.25) is 0 Å². The Kier molecular flexibility index (Phi) is 3.35. The molecule has 0 bridgehead atoms. The number of fused-ring (bicyclic) bond motifs is 1. The zero-order valence-electron chi connectivity index (χ0n) is 12.6. The zero-order chi connectivity index (χ0) is 16.5. The third-order valence-electron chi connectivity index (χ3n) is 3.97. The molecule has 24 heavy (non-hydrogen) atoms. The van der Waals surface area contributed by atoms with Gasteiger partial charge in [-0.25, -0.2) is 4.79 Å². The van der Waals surface area contributed by atoms with E-state index in [2.05, 4.69) is 5.16 Å². The van der Waals surface area contributed by atoms with Crippen LogP contribution in [0, 0.1) is 0 Å². The Hall–Kier alpha value is -3.40. The molecule has 0 fully saturated rings. The SMILES string of the molecule is O=C(O)c1cccc(-c2cc(-c3cccc4ccccc34)on2)c1. The molecule has 0 spiro atoms. The third kappa shape index (κ3) is 2.44. The zero-order valence-corrected chi connectivity index (χ0v) is 12.6. The summed E-state index contributed by atoms with van der Waals surface area (Å²) in [5.74, 6) is -0.308. The molecule has 0 radical (unpaired) electrons. The summed E-state index contributed by atoms with van der Waals surface area (Å²) in [5, 5.41) is 15.4. The Morgan fingerprint density at radius 2 is 1.71 bits per heavy atom. The van der Waals surface area contributed by atoms with Crippen molar-refractivity contribution in [2.75, 3.05) is 0 Å². The number of hydrogen-bond donors (Lipinski definition) is 1. The summed E-state index contributed by atoms with van der Waals surface area (Å²) in [7, 11) is 0. The van der Waals surface area contributed by atoms with Gasteiger partial charge in [-0.15, -0.1) is 0 Å². The Balaban J connectivity index is 1.80. The number of benzene rings is 3. The number of carbonyl (C=O) groups is 1. The predicted octanol–water partition coefficient (Wildman–Crippen LogP) is 4.86. The molecular weight excluding hydrogens is 302 g/mol. The standard InChI is InChI=1S/C20H13NO3/c22-20(23)15-8-3-7-14(11-15)18-12-19(24-21-18)17-10-4-6-13-5-1-2-9-16(13)17/h1-12H,(H,22,23). The molecule has 4 rings (SSSR count). The van der Waals surface area contributed by atoms with E-state index in [9.17, 15) is 4.79 Å². The fourth-order valence-corrected chi connectivity index (χ4v) is 2.79. The molecular formula is C20H13NO3. The van der Waals surface area contributed by atoms with Gasteiger partial charge in [-0.3, -0.25) is 0 Å². The van der Waals surface area contributed by atoms with E-state index in [0.717, 1.165) is 16.3 Å². The van der Waals surface area contributed by atoms with Gasteiger partial charge in [0.1, 0.15) is 5.69 Å². The maximum Gasteiger partial charge on any atom is 0.335 e. The van der Waals surface area contributed by atoms with E-state index in [1.165, 1.54) is 0 Å². The molecule has 3 aromatic carbocycles. The topological polar surface area (TPSA) is 63.3 Å². The van der Waals surface area contributed by atoms with Gasteiger partial charge in [0.05, 0.1) is 5.56 Å². The van der Waals surface area contributed by atoms with Gasteiger partial charge in [-0.1, -0.05) is 59.8 Å². The minimum atomic E-state index is -0.963. The molecule has 1 N–H and O–H groups in total. The van der Waals surface area contributed by atoms with Gasteiger partial charge in [-0.05, 0) is 22.9 Å². The third-order valence-corrected chi connectivity index (χ3v) is 3.97. The molecule has 1 aromatic heterocycles. The Bertz CT molecular complexity index is 1040. The molecule has 4 heteroatoms. The lowest BCUT2D eigenvalue weighted by Crippen LogP contribution is -1.95. The number of carboxylic acids is 1. The monoisotopic (exact) mass is 315 g/mol. The number of nitrogens with zero attached hydrogens (tertiary/aromatic N) is 1. The lowest BCUT2D eigenvalue weighted by Gasteiger charge is -2.02. The summed E-state index contributed by atoms with van der Waals surface area (Å²) < 4.78 is 5.52. The Labute approximate surface area is 138 Å². The van der Waals surface area contributed by atoms with Gasteiger partial charge >= 0.3 is 5.97 Å². The molecule has 116 valence electrons. The minimum Gasteiger partial charge on any atom is -0.478 e. The number of rotatable bonds is 3. The van der Waals surface area contributed by atoms with Crippen LogP contribution >= 0.6 is 0 Å². The number of carboxylic acid groups (broad SMARTS) is 1. The Morgan fingerprint density at radius 3 is 2.58 bits per heavy atom. The smallest absolute Gasteiger partial charge is 0.335 e. The van der Waals surface area contributed by atoms with Crippen molar-refractivity contribution in [2.24, 2.45) is 0 Å². The lowest BCUT2D eigenvalue weighted by atomic mass is 10.0. The molecule has 0 aliphatic heterocycles. The van der Waals surface area contributed by atoms with E-state index in [1.807, 2.05) is 54.6 Å². The van der Waals surface area contributed by atoms with Crippen LogP contribution < -0.4 is 0 Å². The normalized spacial score (nSPS) is 10.8. The second-order valence-corrected chi connectivity index (χ2v) is 5.49. The second kappa shape index (κ2) is 5.66. The van der Waals surface area contributed by atoms with Gasteiger partial charge < -0.3 is 9.63 Å². The highest BCUT2D eigenvalue weighted by molar-refractivity contribution is 5.96. The first kappa shape index (κ1) is 14.2. The molecule has 0 unspecified atom stereocenters.